The molecule has 0 saturated heterocycles. The van der Waals surface area contributed by atoms with Crippen LogP contribution in [0.25, 0.3) is 43.4 Å². The largest absolute Gasteiger partial charge is 0.344 e. The molecule has 35 heavy (non-hydrogen) atoms. The third-order valence-corrected chi connectivity index (χ3v) is 7.75. The second-order valence-corrected chi connectivity index (χ2v) is 12.6. The number of fused-ring (bicyclic) bond motifs is 3. The topological polar surface area (TPSA) is 8.81 Å². The number of unbranched alkanes of at least 4 members (excludes halogenated alkanes) is 2. The summed E-state index contributed by atoms with van der Waals surface area (Å²) in [7, 11) is 0. The maximum absolute atomic E-state index is 3.83. The van der Waals surface area contributed by atoms with Crippen molar-refractivity contribution in [1.29, 1.82) is 0 Å². The molecule has 2 heteroatoms. The summed E-state index contributed by atoms with van der Waals surface area (Å²) < 4.78 is 4.89. The van der Waals surface area contributed by atoms with Crippen LogP contribution in [-0.2, 0) is 23.9 Å². The van der Waals surface area contributed by atoms with E-state index < -0.39 is 0 Å². The maximum Gasteiger partial charge on any atom is 0.204 e. The van der Waals surface area contributed by atoms with Crippen LogP contribution in [0.1, 0.15) is 92.2 Å². The van der Waals surface area contributed by atoms with Crippen molar-refractivity contribution >= 4 is 43.4 Å². The molecule has 0 bridgehead atoms. The fourth-order valence-corrected chi connectivity index (χ4v) is 5.57. The van der Waals surface area contributed by atoms with Gasteiger partial charge in [0.05, 0.1) is 13.1 Å². The van der Waals surface area contributed by atoms with Gasteiger partial charge in [-0.25, -0.2) is 0 Å². The van der Waals surface area contributed by atoms with E-state index in [9.17, 15) is 0 Å². The third kappa shape index (κ3) is 3.99. The molecule has 0 unspecified atom stereocenters. The lowest BCUT2D eigenvalue weighted by Crippen LogP contribution is -2.33. The zero-order valence-corrected chi connectivity index (χ0v) is 23.1. The van der Waals surface area contributed by atoms with Gasteiger partial charge in [0, 0.05) is 11.0 Å². The van der Waals surface area contributed by atoms with Crippen LogP contribution in [0.3, 0.4) is 0 Å². The highest BCUT2D eigenvalue weighted by Crippen LogP contribution is 2.43. The molecule has 184 valence electrons. The number of rotatable bonds is 6. The predicted molar refractivity (Wildman–Crippen MR) is 152 cm³/mol. The minimum atomic E-state index is 0.0961. The van der Waals surface area contributed by atoms with E-state index in [0.29, 0.717) is 0 Å². The summed E-state index contributed by atoms with van der Waals surface area (Å²) in [5, 5.41) is 8.35. The molecule has 0 spiro atoms. The van der Waals surface area contributed by atoms with Crippen LogP contribution in [0, 0.1) is 6.33 Å². The molecular weight excluding hydrogens is 424 g/mol. The zero-order valence-electron chi connectivity index (χ0n) is 23.1. The summed E-state index contributed by atoms with van der Waals surface area (Å²) in [4.78, 5) is 0. The molecule has 4 aromatic carbocycles. The highest BCUT2D eigenvalue weighted by atomic mass is 15.1. The summed E-state index contributed by atoms with van der Waals surface area (Å²) in [6, 6.07) is 14.5. The van der Waals surface area contributed by atoms with E-state index in [0.717, 1.165) is 13.1 Å². The molecule has 0 aliphatic rings. The molecule has 0 aliphatic carbocycles. The van der Waals surface area contributed by atoms with Gasteiger partial charge in [0.1, 0.15) is 0 Å². The average molecular weight is 467 g/mol. The van der Waals surface area contributed by atoms with E-state index in [1.807, 2.05) is 0 Å². The predicted octanol–water partition coefficient (Wildman–Crippen LogP) is 8.82. The Kier molecular flexibility index (Phi) is 5.86. The minimum Gasteiger partial charge on any atom is -0.344 e. The first-order valence-electron chi connectivity index (χ1n) is 13.7. The molecule has 1 aromatic heterocycles. The Bertz CT molecular complexity index is 1400. The molecule has 1 heterocycles. The summed E-state index contributed by atoms with van der Waals surface area (Å²) in [5.41, 5.74) is 5.75. The fraction of sp³-hybridized carbons (Fsp3) is 0.485. The number of hydrogen-bond donors (Lipinski definition) is 0. The number of benzene rings is 4. The smallest absolute Gasteiger partial charge is 0.204 e. The Morgan fingerprint density at radius 3 is 1.83 bits per heavy atom. The Labute approximate surface area is 211 Å². The number of aryl methyl sites for hydroxylation is 2. The molecule has 5 aromatic rings. The second-order valence-electron chi connectivity index (χ2n) is 12.6. The van der Waals surface area contributed by atoms with Gasteiger partial charge in [0.15, 0.2) is 0 Å². The zero-order chi connectivity index (χ0) is 25.1. The highest BCUT2D eigenvalue weighted by molar-refractivity contribution is 6.32. The lowest BCUT2D eigenvalue weighted by molar-refractivity contribution is -0.676. The number of imidazole rings is 1. The number of aromatic nitrogens is 2. The Morgan fingerprint density at radius 2 is 1.29 bits per heavy atom. The van der Waals surface area contributed by atoms with Crippen molar-refractivity contribution < 1.29 is 4.57 Å². The SMILES string of the molecule is CCCCn1[c-][n+](CCCC)c2c3cc(C(C)(C)C)cc4ccc5cc(C(C)(C)C)cc(c5c43)c21. The van der Waals surface area contributed by atoms with Crippen molar-refractivity contribution in [3.63, 3.8) is 0 Å². The van der Waals surface area contributed by atoms with Crippen LogP contribution in [0.5, 0.6) is 0 Å². The Hall–Kier alpha value is -2.61. The molecule has 5 rings (SSSR count). The Balaban J connectivity index is 2.04. The van der Waals surface area contributed by atoms with Crippen LogP contribution in [0.4, 0.5) is 0 Å². The van der Waals surface area contributed by atoms with Crippen LogP contribution >= 0.6 is 0 Å². The molecule has 0 N–H and O–H groups in total. The van der Waals surface area contributed by atoms with E-state index in [1.165, 1.54) is 80.2 Å². The van der Waals surface area contributed by atoms with Gasteiger partial charge in [0.25, 0.3) is 0 Å². The molecule has 0 atom stereocenters. The maximum atomic E-state index is 3.83. The normalized spacial score (nSPS) is 13.3. The van der Waals surface area contributed by atoms with Gasteiger partial charge in [-0.2, -0.15) is 0 Å². The molecule has 0 amide bonds. The van der Waals surface area contributed by atoms with Crippen LogP contribution < -0.4 is 4.57 Å². The second kappa shape index (κ2) is 8.50. The van der Waals surface area contributed by atoms with Crippen LogP contribution in [0.15, 0.2) is 36.4 Å². The summed E-state index contributed by atoms with van der Waals surface area (Å²) >= 11 is 0. The number of hydrogen-bond acceptors (Lipinski definition) is 0. The van der Waals surface area contributed by atoms with Gasteiger partial charge in [-0.15, -0.1) is 0 Å². The van der Waals surface area contributed by atoms with E-state index >= 15 is 0 Å². The van der Waals surface area contributed by atoms with Crippen molar-refractivity contribution in [2.45, 2.75) is 105 Å². The van der Waals surface area contributed by atoms with Crippen LogP contribution in [-0.4, -0.2) is 4.57 Å². The quantitative estimate of drug-likeness (QED) is 0.134. The van der Waals surface area contributed by atoms with Gasteiger partial charge < -0.3 is 9.13 Å². The van der Waals surface area contributed by atoms with Crippen molar-refractivity contribution in [3.05, 3.63) is 53.9 Å². The van der Waals surface area contributed by atoms with Gasteiger partial charge >= 0.3 is 0 Å². The average Bonchev–Trinajstić information content (AvgIpc) is 3.17. The monoisotopic (exact) mass is 466 g/mol. The molecule has 0 radical (unpaired) electrons. The van der Waals surface area contributed by atoms with Gasteiger partial charge in [0.2, 0.25) is 6.33 Å². The fourth-order valence-electron chi connectivity index (χ4n) is 5.57. The number of nitrogens with zero attached hydrogens (tertiary/aromatic N) is 2. The van der Waals surface area contributed by atoms with Crippen molar-refractivity contribution in [1.82, 2.24) is 4.57 Å². The first-order valence-corrected chi connectivity index (χ1v) is 13.7. The highest BCUT2D eigenvalue weighted by Gasteiger charge is 2.23. The first kappa shape index (κ1) is 24.1. The molecular formula is C33H42N2. The van der Waals surface area contributed by atoms with E-state index in [-0.39, 0.29) is 10.8 Å². The lowest BCUT2D eigenvalue weighted by Gasteiger charge is -2.25. The Morgan fingerprint density at radius 1 is 0.743 bits per heavy atom. The summed E-state index contributed by atoms with van der Waals surface area (Å²) in [6.07, 6.45) is 8.55. The van der Waals surface area contributed by atoms with E-state index in [4.69, 9.17) is 0 Å². The lowest BCUT2D eigenvalue weighted by atomic mass is 9.81. The van der Waals surface area contributed by atoms with E-state index in [1.54, 1.807) is 0 Å². The molecule has 0 fully saturated rings. The van der Waals surface area contributed by atoms with Gasteiger partial charge in [-0.05, 0) is 67.1 Å². The molecule has 0 aliphatic heterocycles. The van der Waals surface area contributed by atoms with E-state index in [2.05, 4.69) is 107 Å². The van der Waals surface area contributed by atoms with Gasteiger partial charge in [-0.3, -0.25) is 0 Å². The van der Waals surface area contributed by atoms with Crippen LogP contribution in [0.2, 0.25) is 0 Å². The molecule has 2 nitrogen and oxygen atoms in total. The van der Waals surface area contributed by atoms with Crippen molar-refractivity contribution in [3.8, 4) is 0 Å². The van der Waals surface area contributed by atoms with Gasteiger partial charge in [-0.1, -0.05) is 105 Å². The first-order chi connectivity index (χ1) is 16.5. The molecule has 0 saturated carbocycles. The summed E-state index contributed by atoms with van der Waals surface area (Å²) in [6.45, 7) is 20.6. The van der Waals surface area contributed by atoms with Crippen molar-refractivity contribution in [2.75, 3.05) is 0 Å². The standard InChI is InChI=1S/C33H42N2/c1-9-11-15-34-21-35(16-12-10-2)31-27-20-25(33(6,7)8)18-23-14-13-22-17-24(32(3,4)5)19-26(30(31)34)28(22)29(23)27/h13-14,17-20H,9-12,15-16H2,1-8H3. The third-order valence-electron chi connectivity index (χ3n) is 7.75. The van der Waals surface area contributed by atoms with Crippen molar-refractivity contribution in [2.24, 2.45) is 0 Å². The minimum absolute atomic E-state index is 0.0961. The summed E-state index contributed by atoms with van der Waals surface area (Å²) in [5.74, 6) is 0.